The summed E-state index contributed by atoms with van der Waals surface area (Å²) in [6.45, 7) is 1.73. The van der Waals surface area contributed by atoms with Crippen molar-refractivity contribution in [1.82, 2.24) is 4.90 Å². The van der Waals surface area contributed by atoms with Gasteiger partial charge in [-0.1, -0.05) is 48.5 Å². The molecule has 1 aliphatic carbocycles. The summed E-state index contributed by atoms with van der Waals surface area (Å²) >= 11 is 0. The maximum Gasteiger partial charge on any atom is 0.334 e. The number of hydrogen-bond donors (Lipinski definition) is 1. The van der Waals surface area contributed by atoms with E-state index in [9.17, 15) is 9.90 Å². The first kappa shape index (κ1) is 16.3. The van der Waals surface area contributed by atoms with Crippen LogP contribution in [-0.2, 0) is 9.53 Å². The van der Waals surface area contributed by atoms with Crippen LogP contribution in [0.25, 0.3) is 11.1 Å². The van der Waals surface area contributed by atoms with E-state index < -0.39 is 12.1 Å². The molecule has 2 aromatic rings. The van der Waals surface area contributed by atoms with Crippen molar-refractivity contribution in [2.24, 2.45) is 5.92 Å². The van der Waals surface area contributed by atoms with Gasteiger partial charge in [0.2, 0.25) is 0 Å². The van der Waals surface area contributed by atoms with E-state index in [1.807, 2.05) is 0 Å². The molecule has 2 aliphatic rings. The molecule has 1 unspecified atom stereocenters. The molecule has 1 fully saturated rings. The molecule has 0 radical (unpaired) electrons. The number of ether oxygens (including phenoxy) is 1. The third-order valence-corrected chi connectivity index (χ3v) is 5.63. The molecule has 130 valence electrons. The first-order valence-electron chi connectivity index (χ1n) is 8.89. The molecule has 1 atom stereocenters. The van der Waals surface area contributed by atoms with Crippen molar-refractivity contribution >= 4 is 5.97 Å². The molecule has 1 saturated heterocycles. The Hall–Kier alpha value is -2.17. The predicted molar refractivity (Wildman–Crippen MR) is 96.0 cm³/mol. The smallest absolute Gasteiger partial charge is 0.334 e. The summed E-state index contributed by atoms with van der Waals surface area (Å²) in [5, 5.41) is 10.1. The van der Waals surface area contributed by atoms with Gasteiger partial charge < -0.3 is 9.84 Å². The topological polar surface area (TPSA) is 49.8 Å². The number of fused-ring (bicyclic) bond motifs is 3. The number of methoxy groups -OCH3 is 1. The number of hydrogen-bond acceptors (Lipinski definition) is 4. The summed E-state index contributed by atoms with van der Waals surface area (Å²) in [6.07, 6.45) is 0.601. The first-order valence-corrected chi connectivity index (χ1v) is 8.89. The summed E-state index contributed by atoms with van der Waals surface area (Å²) in [5.74, 6) is -0.536. The van der Waals surface area contributed by atoms with E-state index in [-0.39, 0.29) is 12.0 Å². The molecular weight excluding hydrogens is 314 g/mol. The van der Waals surface area contributed by atoms with Crippen molar-refractivity contribution in [3.05, 3.63) is 59.7 Å². The van der Waals surface area contributed by atoms with Crippen LogP contribution in [0.2, 0.25) is 0 Å². The molecule has 1 heterocycles. The van der Waals surface area contributed by atoms with Crippen LogP contribution in [-0.4, -0.2) is 42.3 Å². The molecule has 1 aliphatic heterocycles. The van der Waals surface area contributed by atoms with Crippen molar-refractivity contribution in [2.45, 2.75) is 25.0 Å². The highest BCUT2D eigenvalue weighted by Gasteiger charge is 2.37. The van der Waals surface area contributed by atoms with Crippen LogP contribution < -0.4 is 0 Å². The maximum absolute atomic E-state index is 11.6. The minimum Gasteiger partial charge on any atom is -0.467 e. The molecule has 0 amide bonds. The molecule has 0 bridgehead atoms. The molecule has 0 aromatic heterocycles. The highest BCUT2D eigenvalue weighted by atomic mass is 16.5. The summed E-state index contributed by atoms with van der Waals surface area (Å²) in [6, 6.07) is 17.5. The van der Waals surface area contributed by atoms with Crippen LogP contribution in [0, 0.1) is 5.92 Å². The van der Waals surface area contributed by atoms with Gasteiger partial charge in [-0.15, -0.1) is 0 Å². The number of rotatable bonds is 3. The fourth-order valence-corrected chi connectivity index (χ4v) is 4.33. The number of aliphatic hydroxyl groups is 1. The SMILES string of the molecule is COC(=O)C(O)C1CCN(C2c3ccccc3-c3ccccc32)CC1. The van der Waals surface area contributed by atoms with E-state index in [1.165, 1.54) is 29.4 Å². The zero-order valence-corrected chi connectivity index (χ0v) is 14.4. The van der Waals surface area contributed by atoms with Crippen LogP contribution in [0.1, 0.15) is 30.0 Å². The van der Waals surface area contributed by atoms with Gasteiger partial charge in [-0.2, -0.15) is 0 Å². The van der Waals surface area contributed by atoms with Gasteiger partial charge >= 0.3 is 5.97 Å². The Morgan fingerprint density at radius 1 is 1.04 bits per heavy atom. The average Bonchev–Trinajstić information content (AvgIpc) is 3.01. The second-order valence-corrected chi connectivity index (χ2v) is 6.92. The van der Waals surface area contributed by atoms with Crippen molar-refractivity contribution < 1.29 is 14.6 Å². The van der Waals surface area contributed by atoms with Crippen LogP contribution in [0.4, 0.5) is 0 Å². The molecule has 1 N–H and O–H groups in total. The van der Waals surface area contributed by atoms with Gasteiger partial charge in [0.15, 0.2) is 6.10 Å². The Kier molecular flexibility index (Phi) is 4.32. The Bertz CT molecular complexity index is 735. The Labute approximate surface area is 148 Å². The number of nitrogens with zero attached hydrogens (tertiary/aromatic N) is 1. The van der Waals surface area contributed by atoms with Crippen LogP contribution in [0.3, 0.4) is 0 Å². The third kappa shape index (κ3) is 2.75. The van der Waals surface area contributed by atoms with E-state index in [0.29, 0.717) is 0 Å². The molecular formula is C21H23NO3. The lowest BCUT2D eigenvalue weighted by molar-refractivity contribution is -0.154. The fourth-order valence-electron chi connectivity index (χ4n) is 4.33. The molecule has 4 rings (SSSR count). The van der Waals surface area contributed by atoms with E-state index in [0.717, 1.165) is 25.9 Å². The van der Waals surface area contributed by atoms with Gasteiger partial charge in [-0.05, 0) is 54.1 Å². The quantitative estimate of drug-likeness (QED) is 0.875. The third-order valence-electron chi connectivity index (χ3n) is 5.63. The Morgan fingerprint density at radius 3 is 2.08 bits per heavy atom. The average molecular weight is 337 g/mol. The standard InChI is InChI=1S/C21H23NO3/c1-25-21(24)20(23)14-10-12-22(13-11-14)19-17-8-4-2-6-15(17)16-7-3-5-9-18(16)19/h2-9,14,19-20,23H,10-13H2,1H3. The van der Waals surface area contributed by atoms with Crippen LogP contribution >= 0.6 is 0 Å². The number of aliphatic hydroxyl groups excluding tert-OH is 1. The lowest BCUT2D eigenvalue weighted by Gasteiger charge is -2.37. The highest BCUT2D eigenvalue weighted by molar-refractivity contribution is 5.78. The number of benzene rings is 2. The Balaban J connectivity index is 1.57. The van der Waals surface area contributed by atoms with Crippen molar-refractivity contribution in [1.29, 1.82) is 0 Å². The molecule has 0 saturated carbocycles. The van der Waals surface area contributed by atoms with Gasteiger partial charge in [0.1, 0.15) is 0 Å². The van der Waals surface area contributed by atoms with Gasteiger partial charge in [0.25, 0.3) is 0 Å². The molecule has 25 heavy (non-hydrogen) atoms. The minimum absolute atomic E-state index is 0.0180. The van der Waals surface area contributed by atoms with Gasteiger partial charge in [-0.25, -0.2) is 4.79 Å². The Morgan fingerprint density at radius 2 is 1.56 bits per heavy atom. The largest absolute Gasteiger partial charge is 0.467 e. The highest BCUT2D eigenvalue weighted by Crippen LogP contribution is 2.47. The number of likely N-dealkylation sites (tertiary alicyclic amines) is 1. The van der Waals surface area contributed by atoms with E-state index >= 15 is 0 Å². The van der Waals surface area contributed by atoms with E-state index in [4.69, 9.17) is 0 Å². The second kappa shape index (κ2) is 6.62. The number of piperidine rings is 1. The summed E-state index contributed by atoms with van der Waals surface area (Å²) in [5.41, 5.74) is 5.35. The van der Waals surface area contributed by atoms with Gasteiger partial charge in [0, 0.05) is 0 Å². The fraction of sp³-hybridized carbons (Fsp3) is 0.381. The van der Waals surface area contributed by atoms with E-state index in [2.05, 4.69) is 58.2 Å². The first-order chi connectivity index (χ1) is 12.2. The van der Waals surface area contributed by atoms with Crippen molar-refractivity contribution in [3.8, 4) is 11.1 Å². The molecule has 0 spiro atoms. The van der Waals surface area contributed by atoms with Crippen LogP contribution in [0.5, 0.6) is 0 Å². The second-order valence-electron chi connectivity index (χ2n) is 6.92. The summed E-state index contributed by atoms with van der Waals surface area (Å²) in [7, 11) is 1.33. The lowest BCUT2D eigenvalue weighted by Crippen LogP contribution is -2.42. The minimum atomic E-state index is -1.00. The number of carbonyl (C=O) groups is 1. The summed E-state index contributed by atoms with van der Waals surface area (Å²) < 4.78 is 4.68. The number of carbonyl (C=O) groups excluding carboxylic acids is 1. The normalized spacial score (nSPS) is 19.3. The molecule has 2 aromatic carbocycles. The van der Waals surface area contributed by atoms with Gasteiger partial charge in [-0.3, -0.25) is 4.90 Å². The molecule has 4 nitrogen and oxygen atoms in total. The number of esters is 1. The van der Waals surface area contributed by atoms with Crippen molar-refractivity contribution in [2.75, 3.05) is 20.2 Å². The molecule has 4 heteroatoms. The summed E-state index contributed by atoms with van der Waals surface area (Å²) in [4.78, 5) is 14.1. The lowest BCUT2D eigenvalue weighted by atomic mass is 9.89. The predicted octanol–water partition coefficient (Wildman–Crippen LogP) is 3.00. The maximum atomic E-state index is 11.6. The zero-order chi connectivity index (χ0) is 17.4. The monoisotopic (exact) mass is 337 g/mol. The zero-order valence-electron chi connectivity index (χ0n) is 14.4. The van der Waals surface area contributed by atoms with Crippen LogP contribution in [0.15, 0.2) is 48.5 Å². The van der Waals surface area contributed by atoms with Gasteiger partial charge in [0.05, 0.1) is 13.2 Å². The van der Waals surface area contributed by atoms with Crippen molar-refractivity contribution in [3.63, 3.8) is 0 Å². The van der Waals surface area contributed by atoms with E-state index in [1.54, 1.807) is 0 Å².